The van der Waals surface area contributed by atoms with Gasteiger partial charge in [0.2, 0.25) is 0 Å². The number of carbonyl (C=O) groups is 1. The Bertz CT molecular complexity index is 1120. The molecule has 0 saturated carbocycles. The third-order valence-corrected chi connectivity index (χ3v) is 7.00. The number of anilines is 1. The van der Waals surface area contributed by atoms with Crippen molar-refractivity contribution in [2.75, 3.05) is 44.4 Å². The topological polar surface area (TPSA) is 76.4 Å². The summed E-state index contributed by atoms with van der Waals surface area (Å²) in [5.41, 5.74) is 0.747. The van der Waals surface area contributed by atoms with Gasteiger partial charge in [0.05, 0.1) is 36.3 Å². The average Bonchev–Trinajstić information content (AvgIpc) is 3.40. The summed E-state index contributed by atoms with van der Waals surface area (Å²) in [4.78, 5) is 35.3. The van der Waals surface area contributed by atoms with Crippen molar-refractivity contribution < 1.29 is 14.3 Å². The van der Waals surface area contributed by atoms with Crippen LogP contribution in [0, 0.1) is 0 Å². The van der Waals surface area contributed by atoms with Crippen LogP contribution in [0.25, 0.3) is 11.7 Å². The molecule has 5 heterocycles. The van der Waals surface area contributed by atoms with E-state index in [1.807, 2.05) is 11.0 Å². The largest absolute Gasteiger partial charge is 0.378 e. The molecule has 2 aromatic rings. The number of rotatable bonds is 4. The molecule has 31 heavy (non-hydrogen) atoms. The summed E-state index contributed by atoms with van der Waals surface area (Å²) in [5, 5.41) is 0. The van der Waals surface area contributed by atoms with Crippen molar-refractivity contribution in [3.8, 4) is 0 Å². The van der Waals surface area contributed by atoms with Crippen molar-refractivity contribution in [1.82, 2.24) is 14.3 Å². The maximum atomic E-state index is 13.4. The van der Waals surface area contributed by atoms with E-state index in [9.17, 15) is 9.59 Å². The second-order valence-electron chi connectivity index (χ2n) is 7.61. The molecule has 3 aliphatic rings. The third-order valence-electron chi connectivity index (χ3n) is 5.62. The summed E-state index contributed by atoms with van der Waals surface area (Å²) in [7, 11) is 0. The van der Waals surface area contributed by atoms with Crippen LogP contribution in [0.15, 0.2) is 34.1 Å². The molecule has 0 unspecified atom stereocenters. The highest BCUT2D eigenvalue weighted by Crippen LogP contribution is 2.34. The van der Waals surface area contributed by atoms with Gasteiger partial charge in [-0.05, 0) is 31.1 Å². The summed E-state index contributed by atoms with van der Waals surface area (Å²) in [6, 6.07) is 5.44. The van der Waals surface area contributed by atoms with Gasteiger partial charge >= 0.3 is 0 Å². The van der Waals surface area contributed by atoms with Gasteiger partial charge in [0.15, 0.2) is 0 Å². The lowest BCUT2D eigenvalue weighted by molar-refractivity contribution is -0.123. The number of fused-ring (bicyclic) bond motifs is 1. The molecule has 3 saturated heterocycles. The zero-order valence-corrected chi connectivity index (χ0v) is 18.5. The van der Waals surface area contributed by atoms with Crippen LogP contribution in [-0.4, -0.2) is 70.1 Å². The van der Waals surface area contributed by atoms with Gasteiger partial charge in [-0.2, -0.15) is 0 Å². The second kappa shape index (κ2) is 8.70. The van der Waals surface area contributed by atoms with Crippen molar-refractivity contribution in [1.29, 1.82) is 0 Å². The number of morpholine rings is 1. The average molecular weight is 459 g/mol. The molecule has 1 amide bonds. The van der Waals surface area contributed by atoms with E-state index >= 15 is 0 Å². The Hall–Kier alpha value is -2.27. The number of thioether (sulfide) groups is 1. The monoisotopic (exact) mass is 458 g/mol. The molecular weight excluding hydrogens is 436 g/mol. The molecule has 5 rings (SSSR count). The van der Waals surface area contributed by atoms with E-state index in [4.69, 9.17) is 26.7 Å². The summed E-state index contributed by atoms with van der Waals surface area (Å²) in [6.45, 7) is 3.58. The summed E-state index contributed by atoms with van der Waals surface area (Å²) in [6.07, 6.45) is 5.27. The molecule has 3 aliphatic heterocycles. The first kappa shape index (κ1) is 20.6. The van der Waals surface area contributed by atoms with Crippen LogP contribution in [0.3, 0.4) is 0 Å². The van der Waals surface area contributed by atoms with Gasteiger partial charge in [0.25, 0.3) is 11.5 Å². The van der Waals surface area contributed by atoms with E-state index in [1.54, 1.807) is 29.3 Å². The van der Waals surface area contributed by atoms with E-state index in [-0.39, 0.29) is 17.6 Å². The smallest absolute Gasteiger partial charge is 0.267 e. The van der Waals surface area contributed by atoms with Crippen molar-refractivity contribution in [3.63, 3.8) is 0 Å². The van der Waals surface area contributed by atoms with Crippen molar-refractivity contribution in [2.45, 2.75) is 18.9 Å². The Balaban J connectivity index is 1.55. The highest BCUT2D eigenvalue weighted by Gasteiger charge is 2.35. The predicted octanol–water partition coefficient (Wildman–Crippen LogP) is 1.91. The first-order chi connectivity index (χ1) is 15.1. The predicted molar refractivity (Wildman–Crippen MR) is 123 cm³/mol. The molecule has 0 bridgehead atoms. The molecule has 0 aliphatic carbocycles. The fourth-order valence-corrected chi connectivity index (χ4v) is 5.27. The quantitative estimate of drug-likeness (QED) is 0.508. The van der Waals surface area contributed by atoms with Crippen molar-refractivity contribution in [3.05, 3.63) is 45.2 Å². The molecule has 3 fully saturated rings. The zero-order chi connectivity index (χ0) is 21.4. The van der Waals surface area contributed by atoms with Gasteiger partial charge in [-0.1, -0.05) is 30.0 Å². The highest BCUT2D eigenvalue weighted by atomic mass is 32.2. The van der Waals surface area contributed by atoms with Crippen LogP contribution in [0.4, 0.5) is 5.82 Å². The lowest BCUT2D eigenvalue weighted by atomic mass is 10.2. The SMILES string of the molecule is O=C1/C(=C\c2c(N3CCOCC3)nc3ccccn3c2=O)SC(=S)N1C[C@@H]1CCCO1. The fraction of sp³-hybridized carbons (Fsp3) is 0.429. The Kier molecular flexibility index (Phi) is 5.79. The van der Waals surface area contributed by atoms with E-state index in [0.717, 1.165) is 19.4 Å². The number of nitrogens with zero attached hydrogens (tertiary/aromatic N) is 4. The number of amides is 1. The van der Waals surface area contributed by atoms with Crippen LogP contribution < -0.4 is 10.5 Å². The molecule has 0 spiro atoms. The number of hydrogen-bond donors (Lipinski definition) is 0. The maximum absolute atomic E-state index is 13.4. The molecule has 2 aromatic heterocycles. The van der Waals surface area contributed by atoms with Crippen LogP contribution in [0.1, 0.15) is 18.4 Å². The lowest BCUT2D eigenvalue weighted by Gasteiger charge is -2.29. The number of ether oxygens (including phenoxy) is 2. The molecule has 0 radical (unpaired) electrons. The Labute approximate surface area is 188 Å². The van der Waals surface area contributed by atoms with Gasteiger partial charge in [0, 0.05) is 25.9 Å². The minimum Gasteiger partial charge on any atom is -0.378 e. The molecule has 8 nitrogen and oxygen atoms in total. The van der Waals surface area contributed by atoms with Crippen LogP contribution in [0.5, 0.6) is 0 Å². The normalized spacial score (nSPS) is 23.5. The summed E-state index contributed by atoms with van der Waals surface area (Å²) < 4.78 is 13.1. The Morgan fingerprint density at radius 1 is 1.23 bits per heavy atom. The summed E-state index contributed by atoms with van der Waals surface area (Å²) in [5.74, 6) is 0.389. The van der Waals surface area contributed by atoms with E-state index in [0.29, 0.717) is 59.1 Å². The van der Waals surface area contributed by atoms with Crippen molar-refractivity contribution >= 4 is 51.7 Å². The van der Waals surface area contributed by atoms with Crippen LogP contribution in [-0.2, 0) is 14.3 Å². The van der Waals surface area contributed by atoms with Gasteiger partial charge in [-0.3, -0.25) is 18.9 Å². The van der Waals surface area contributed by atoms with Gasteiger partial charge in [-0.15, -0.1) is 0 Å². The van der Waals surface area contributed by atoms with E-state index in [2.05, 4.69) is 0 Å². The first-order valence-corrected chi connectivity index (χ1v) is 11.6. The third kappa shape index (κ3) is 4.00. The van der Waals surface area contributed by atoms with Crippen LogP contribution in [0.2, 0.25) is 0 Å². The minimum atomic E-state index is -0.212. The number of hydrogen-bond acceptors (Lipinski definition) is 8. The Morgan fingerprint density at radius 2 is 2.06 bits per heavy atom. The fourth-order valence-electron chi connectivity index (χ4n) is 4.01. The minimum absolute atomic E-state index is 0.0127. The van der Waals surface area contributed by atoms with Gasteiger partial charge in [-0.25, -0.2) is 4.98 Å². The summed E-state index contributed by atoms with van der Waals surface area (Å²) >= 11 is 6.68. The zero-order valence-electron chi connectivity index (χ0n) is 16.9. The van der Waals surface area contributed by atoms with Crippen LogP contribution >= 0.6 is 24.0 Å². The lowest BCUT2D eigenvalue weighted by Crippen LogP contribution is -2.38. The number of carbonyl (C=O) groups excluding carboxylic acids is 1. The van der Waals surface area contributed by atoms with Gasteiger partial charge < -0.3 is 14.4 Å². The number of aromatic nitrogens is 2. The standard InChI is InChI=1S/C21H22N4O4S2/c26-19-15(12-16-20(27)25(21(30)31-16)13-14-4-3-9-29-14)18(23-7-10-28-11-8-23)22-17-5-1-2-6-24(17)19/h1-2,5-6,12,14H,3-4,7-11,13H2/b16-12+/t14-/m0/s1. The number of thiocarbonyl (C=S) groups is 1. The molecule has 0 aromatic carbocycles. The number of pyridine rings is 1. The molecule has 10 heteroatoms. The molecule has 1 atom stereocenters. The molecule has 162 valence electrons. The first-order valence-electron chi connectivity index (χ1n) is 10.3. The second-order valence-corrected chi connectivity index (χ2v) is 9.29. The molecular formula is C21H22N4O4S2. The van der Waals surface area contributed by atoms with Crippen molar-refractivity contribution in [2.24, 2.45) is 0 Å². The molecule has 0 N–H and O–H groups in total. The van der Waals surface area contributed by atoms with E-state index < -0.39 is 0 Å². The van der Waals surface area contributed by atoms with Gasteiger partial charge in [0.1, 0.15) is 15.8 Å². The highest BCUT2D eigenvalue weighted by molar-refractivity contribution is 8.26. The Morgan fingerprint density at radius 3 is 2.84 bits per heavy atom. The maximum Gasteiger partial charge on any atom is 0.267 e. The van der Waals surface area contributed by atoms with E-state index in [1.165, 1.54) is 16.2 Å².